The molecular weight excluding hydrogens is 394 g/mol. The molecule has 0 fully saturated rings. The number of hydrogen-bond donors (Lipinski definition) is 1. The number of fused-ring (bicyclic) bond motifs is 1. The third kappa shape index (κ3) is 5.53. The average Bonchev–Trinajstić information content (AvgIpc) is 3.08. The molecular formula is C20H21N3O3S2. The maximum absolute atomic E-state index is 12.1. The highest BCUT2D eigenvalue weighted by Crippen LogP contribution is 2.24. The van der Waals surface area contributed by atoms with Crippen molar-refractivity contribution >= 4 is 51.0 Å². The van der Waals surface area contributed by atoms with E-state index in [1.165, 1.54) is 16.9 Å². The van der Waals surface area contributed by atoms with Crippen molar-refractivity contribution in [1.82, 2.24) is 9.97 Å². The molecule has 0 unspecified atom stereocenters. The lowest BCUT2D eigenvalue weighted by Crippen LogP contribution is -2.12. The lowest BCUT2D eigenvalue weighted by Gasteiger charge is -2.06. The smallest absolute Gasteiger partial charge is 0.311 e. The molecule has 1 N–H and O–H groups in total. The summed E-state index contributed by atoms with van der Waals surface area (Å²) < 4.78 is 4.90. The topological polar surface area (TPSA) is 81.2 Å². The third-order valence-corrected chi connectivity index (χ3v) is 5.63. The molecule has 0 bridgehead atoms. The van der Waals surface area contributed by atoms with Crippen LogP contribution in [-0.2, 0) is 20.7 Å². The number of para-hydroxylation sites is 1. The minimum atomic E-state index is -0.319. The number of benzene rings is 1. The Hall–Kier alpha value is -2.45. The fourth-order valence-electron chi connectivity index (χ4n) is 2.63. The number of anilines is 1. The van der Waals surface area contributed by atoms with Crippen LogP contribution in [0.5, 0.6) is 0 Å². The number of nitrogens with zero attached hydrogens (tertiary/aromatic N) is 2. The number of thiazole rings is 1. The van der Waals surface area contributed by atoms with E-state index < -0.39 is 0 Å². The average molecular weight is 416 g/mol. The Morgan fingerprint density at radius 2 is 2.07 bits per heavy atom. The van der Waals surface area contributed by atoms with Gasteiger partial charge in [-0.05, 0) is 31.5 Å². The quantitative estimate of drug-likeness (QED) is 0.438. The number of aromatic nitrogens is 2. The van der Waals surface area contributed by atoms with Crippen molar-refractivity contribution in [3.63, 3.8) is 0 Å². The lowest BCUT2D eigenvalue weighted by atomic mass is 10.1. The molecule has 0 saturated heterocycles. The number of carbonyl (C=O) groups is 2. The minimum Gasteiger partial charge on any atom is -0.466 e. The summed E-state index contributed by atoms with van der Waals surface area (Å²) in [4.78, 5) is 32.5. The zero-order valence-corrected chi connectivity index (χ0v) is 17.4. The molecule has 0 radical (unpaired) electrons. The second-order valence-electron chi connectivity index (χ2n) is 6.07. The van der Waals surface area contributed by atoms with E-state index in [1.807, 2.05) is 24.3 Å². The summed E-state index contributed by atoms with van der Waals surface area (Å²) >= 11 is 2.86. The summed E-state index contributed by atoms with van der Waals surface area (Å²) in [6.45, 7) is 4.17. The van der Waals surface area contributed by atoms with Crippen LogP contribution in [0.25, 0.3) is 10.9 Å². The molecule has 3 aromatic rings. The van der Waals surface area contributed by atoms with Gasteiger partial charge in [-0.3, -0.25) is 9.59 Å². The zero-order valence-electron chi connectivity index (χ0n) is 15.7. The van der Waals surface area contributed by atoms with E-state index in [1.54, 1.807) is 24.1 Å². The Balaban J connectivity index is 1.48. The third-order valence-electron chi connectivity index (χ3n) is 3.91. The van der Waals surface area contributed by atoms with Gasteiger partial charge in [0.2, 0.25) is 5.91 Å². The number of pyridine rings is 1. The first-order valence-corrected chi connectivity index (χ1v) is 10.8. The van der Waals surface area contributed by atoms with Gasteiger partial charge in [-0.2, -0.15) is 0 Å². The molecule has 3 rings (SSSR count). The molecule has 28 heavy (non-hydrogen) atoms. The lowest BCUT2D eigenvalue weighted by molar-refractivity contribution is -0.142. The van der Waals surface area contributed by atoms with Gasteiger partial charge in [-0.25, -0.2) is 9.97 Å². The molecule has 8 heteroatoms. The van der Waals surface area contributed by atoms with Crippen molar-refractivity contribution in [2.75, 3.05) is 17.7 Å². The van der Waals surface area contributed by atoms with Gasteiger partial charge in [-0.1, -0.05) is 18.2 Å². The van der Waals surface area contributed by atoms with Crippen LogP contribution in [0, 0.1) is 6.92 Å². The summed E-state index contributed by atoms with van der Waals surface area (Å²) in [5, 5.41) is 7.08. The first-order valence-electron chi connectivity index (χ1n) is 8.94. The van der Waals surface area contributed by atoms with E-state index in [0.717, 1.165) is 15.9 Å². The predicted molar refractivity (Wildman–Crippen MR) is 113 cm³/mol. The molecule has 0 aliphatic carbocycles. The fourth-order valence-corrected chi connectivity index (χ4v) is 4.27. The number of rotatable bonds is 8. The normalized spacial score (nSPS) is 10.8. The predicted octanol–water partition coefficient (Wildman–Crippen LogP) is 4.23. The van der Waals surface area contributed by atoms with Gasteiger partial charge < -0.3 is 10.1 Å². The largest absolute Gasteiger partial charge is 0.466 e. The van der Waals surface area contributed by atoms with Crippen molar-refractivity contribution < 1.29 is 14.3 Å². The molecule has 2 heterocycles. The highest BCUT2D eigenvalue weighted by Gasteiger charge is 2.11. The number of hydrogen-bond acceptors (Lipinski definition) is 7. The highest BCUT2D eigenvalue weighted by atomic mass is 32.2. The summed E-state index contributed by atoms with van der Waals surface area (Å²) in [6, 6.07) is 10.1. The van der Waals surface area contributed by atoms with Crippen molar-refractivity contribution in [3.8, 4) is 0 Å². The van der Waals surface area contributed by atoms with Gasteiger partial charge in [0.05, 0.1) is 29.3 Å². The number of amides is 1. The summed E-state index contributed by atoms with van der Waals surface area (Å²) in [6.07, 6.45) is 0.466. The molecule has 6 nitrogen and oxygen atoms in total. The Morgan fingerprint density at radius 1 is 1.25 bits per heavy atom. The van der Waals surface area contributed by atoms with Gasteiger partial charge >= 0.3 is 5.97 Å². The summed E-state index contributed by atoms with van der Waals surface area (Å²) in [7, 11) is 0. The number of aryl methyl sites for hydroxylation is 1. The Labute approximate surface area is 171 Å². The second kappa shape index (κ2) is 9.66. The van der Waals surface area contributed by atoms with Gasteiger partial charge in [0, 0.05) is 22.9 Å². The first kappa shape index (κ1) is 20.3. The van der Waals surface area contributed by atoms with Crippen LogP contribution < -0.4 is 5.32 Å². The zero-order chi connectivity index (χ0) is 19.9. The maximum atomic E-state index is 12.1. The van der Waals surface area contributed by atoms with Crippen LogP contribution in [0.3, 0.4) is 0 Å². The molecule has 0 aliphatic heterocycles. The molecule has 146 valence electrons. The van der Waals surface area contributed by atoms with Crippen LogP contribution in [0.4, 0.5) is 5.13 Å². The second-order valence-corrected chi connectivity index (χ2v) is 8.04. The van der Waals surface area contributed by atoms with E-state index >= 15 is 0 Å². The van der Waals surface area contributed by atoms with Crippen molar-refractivity contribution in [1.29, 1.82) is 0 Å². The number of esters is 1. The van der Waals surface area contributed by atoms with Crippen LogP contribution in [0.2, 0.25) is 0 Å². The monoisotopic (exact) mass is 415 g/mol. The SMILES string of the molecule is CCOC(=O)Cc1csc(NC(=O)CCSc2cc(C)c3ccccc3n2)n1. The van der Waals surface area contributed by atoms with Crippen molar-refractivity contribution in [3.05, 3.63) is 47.0 Å². The molecule has 0 spiro atoms. The van der Waals surface area contributed by atoms with Crippen LogP contribution in [0.1, 0.15) is 24.6 Å². The summed E-state index contributed by atoms with van der Waals surface area (Å²) in [5.41, 5.74) is 2.74. The maximum Gasteiger partial charge on any atom is 0.311 e. The van der Waals surface area contributed by atoms with Gasteiger partial charge in [0.25, 0.3) is 0 Å². The van der Waals surface area contributed by atoms with E-state index in [0.29, 0.717) is 29.6 Å². The van der Waals surface area contributed by atoms with E-state index in [-0.39, 0.29) is 18.3 Å². The Kier molecular flexibility index (Phi) is 7.00. The first-order chi connectivity index (χ1) is 13.5. The fraction of sp³-hybridized carbons (Fsp3) is 0.300. The Morgan fingerprint density at radius 3 is 2.89 bits per heavy atom. The van der Waals surface area contributed by atoms with Gasteiger partial charge in [-0.15, -0.1) is 23.1 Å². The van der Waals surface area contributed by atoms with E-state index in [9.17, 15) is 9.59 Å². The molecule has 0 atom stereocenters. The van der Waals surface area contributed by atoms with Gasteiger partial charge in [0.15, 0.2) is 5.13 Å². The van der Waals surface area contributed by atoms with Crippen LogP contribution in [-0.4, -0.2) is 34.2 Å². The number of ether oxygens (including phenoxy) is 1. The molecule has 2 aromatic heterocycles. The van der Waals surface area contributed by atoms with E-state index in [4.69, 9.17) is 4.74 Å². The number of thioether (sulfide) groups is 1. The summed E-state index contributed by atoms with van der Waals surface area (Å²) in [5.74, 6) is 0.194. The minimum absolute atomic E-state index is 0.109. The number of carbonyl (C=O) groups excluding carboxylic acids is 2. The van der Waals surface area contributed by atoms with Crippen molar-refractivity contribution in [2.24, 2.45) is 0 Å². The molecule has 0 saturated carbocycles. The molecule has 0 aliphatic rings. The van der Waals surface area contributed by atoms with Crippen molar-refractivity contribution in [2.45, 2.75) is 31.7 Å². The number of nitrogens with one attached hydrogen (secondary N) is 1. The Bertz CT molecular complexity index is 988. The van der Waals surface area contributed by atoms with E-state index in [2.05, 4.69) is 28.3 Å². The standard InChI is InChI=1S/C20H21N3O3S2/c1-3-26-19(25)11-14-12-28-20(21-14)23-17(24)8-9-27-18-10-13(2)15-6-4-5-7-16(15)22-18/h4-7,10,12H,3,8-9,11H2,1-2H3,(H,21,23,24). The molecule has 1 aromatic carbocycles. The molecule has 1 amide bonds. The van der Waals surface area contributed by atoms with Gasteiger partial charge in [0.1, 0.15) is 0 Å². The van der Waals surface area contributed by atoms with Crippen LogP contribution >= 0.6 is 23.1 Å². The highest BCUT2D eigenvalue weighted by molar-refractivity contribution is 7.99. The van der Waals surface area contributed by atoms with Crippen LogP contribution in [0.15, 0.2) is 40.7 Å².